The molecule has 31 heavy (non-hydrogen) atoms. The first kappa shape index (κ1) is 20.4. The molecule has 158 valence electrons. The van der Waals surface area contributed by atoms with Gasteiger partial charge >= 0.3 is 5.97 Å². The van der Waals surface area contributed by atoms with E-state index in [1.54, 1.807) is 0 Å². The second kappa shape index (κ2) is 9.30. The van der Waals surface area contributed by atoms with E-state index in [0.717, 1.165) is 29.0 Å². The van der Waals surface area contributed by atoms with Gasteiger partial charge in [0, 0.05) is 17.8 Å². The van der Waals surface area contributed by atoms with Crippen LogP contribution in [0.1, 0.15) is 34.5 Å². The largest absolute Gasteiger partial charge is 0.493 e. The van der Waals surface area contributed by atoms with E-state index in [1.165, 1.54) is 24.0 Å². The van der Waals surface area contributed by atoms with Crippen molar-refractivity contribution < 1.29 is 19.0 Å². The van der Waals surface area contributed by atoms with Gasteiger partial charge in [-0.1, -0.05) is 42.5 Å². The van der Waals surface area contributed by atoms with Gasteiger partial charge in [-0.25, -0.2) is 9.47 Å². The molecule has 4 rings (SSSR count). The van der Waals surface area contributed by atoms with E-state index in [4.69, 9.17) is 14.2 Å². The van der Waals surface area contributed by atoms with Gasteiger partial charge in [-0.05, 0) is 30.5 Å². The highest BCUT2D eigenvalue weighted by Crippen LogP contribution is 2.25. The molecule has 7 heteroatoms. The number of para-hydroxylation sites is 1. The second-order valence-electron chi connectivity index (χ2n) is 6.96. The third kappa shape index (κ3) is 4.50. The highest BCUT2D eigenvalue weighted by atomic mass is 16.5. The Labute approximate surface area is 179 Å². The number of hydrogen-bond donors (Lipinski definition) is 0. The summed E-state index contributed by atoms with van der Waals surface area (Å²) in [4.78, 5) is 25.2. The van der Waals surface area contributed by atoms with Crippen molar-refractivity contribution in [2.75, 3.05) is 13.7 Å². The fourth-order valence-corrected chi connectivity index (χ4v) is 3.37. The summed E-state index contributed by atoms with van der Waals surface area (Å²) in [6.07, 6.45) is 2.88. The SMILES string of the molecule is COC(=O)c1c(OCc2ccccc2)c(=O)ccn1/N=C1\CCCOc2ccccc21. The summed E-state index contributed by atoms with van der Waals surface area (Å²) in [6, 6.07) is 18.3. The summed E-state index contributed by atoms with van der Waals surface area (Å²) < 4.78 is 17.8. The summed E-state index contributed by atoms with van der Waals surface area (Å²) >= 11 is 0. The fraction of sp³-hybridized carbons (Fsp3) is 0.208. The number of benzene rings is 2. The maximum atomic E-state index is 12.6. The normalized spacial score (nSPS) is 14.3. The molecule has 0 unspecified atom stereocenters. The number of rotatable bonds is 5. The number of carbonyl (C=O) groups is 1. The lowest BCUT2D eigenvalue weighted by atomic mass is 10.1. The molecule has 0 aliphatic carbocycles. The van der Waals surface area contributed by atoms with Crippen LogP contribution in [-0.4, -0.2) is 30.1 Å². The molecule has 0 N–H and O–H groups in total. The van der Waals surface area contributed by atoms with Crippen molar-refractivity contribution in [3.63, 3.8) is 0 Å². The molecule has 0 saturated carbocycles. The average molecular weight is 418 g/mol. The third-order valence-corrected chi connectivity index (χ3v) is 4.88. The van der Waals surface area contributed by atoms with Crippen molar-refractivity contribution >= 4 is 11.7 Å². The number of aromatic nitrogens is 1. The average Bonchev–Trinajstić information content (AvgIpc) is 3.01. The molecule has 3 aromatic rings. The Bertz CT molecular complexity index is 1170. The minimum absolute atomic E-state index is 0.0546. The predicted molar refractivity (Wildman–Crippen MR) is 116 cm³/mol. The fourth-order valence-electron chi connectivity index (χ4n) is 3.37. The van der Waals surface area contributed by atoms with Crippen molar-refractivity contribution in [1.82, 2.24) is 4.68 Å². The van der Waals surface area contributed by atoms with Crippen molar-refractivity contribution in [2.24, 2.45) is 5.10 Å². The Morgan fingerprint density at radius 2 is 1.87 bits per heavy atom. The van der Waals surface area contributed by atoms with E-state index in [0.29, 0.717) is 13.0 Å². The molecule has 0 atom stereocenters. The zero-order chi connectivity index (χ0) is 21.6. The van der Waals surface area contributed by atoms with Gasteiger partial charge in [-0.3, -0.25) is 4.79 Å². The van der Waals surface area contributed by atoms with Gasteiger partial charge in [0.25, 0.3) is 0 Å². The van der Waals surface area contributed by atoms with E-state index in [1.807, 2.05) is 54.6 Å². The van der Waals surface area contributed by atoms with Crippen molar-refractivity contribution in [1.29, 1.82) is 0 Å². The highest BCUT2D eigenvalue weighted by Gasteiger charge is 2.23. The smallest absolute Gasteiger partial charge is 0.360 e. The Kier molecular flexibility index (Phi) is 6.12. The molecule has 2 heterocycles. The third-order valence-electron chi connectivity index (χ3n) is 4.88. The van der Waals surface area contributed by atoms with Gasteiger partial charge < -0.3 is 14.2 Å². The highest BCUT2D eigenvalue weighted by molar-refractivity contribution is 6.03. The first-order valence-electron chi connectivity index (χ1n) is 9.98. The van der Waals surface area contributed by atoms with Crippen LogP contribution in [0, 0.1) is 0 Å². The van der Waals surface area contributed by atoms with Crippen LogP contribution in [0.5, 0.6) is 11.5 Å². The summed E-state index contributed by atoms with van der Waals surface area (Å²) in [5.74, 6) is -0.0658. The van der Waals surface area contributed by atoms with Crippen LogP contribution < -0.4 is 14.9 Å². The minimum Gasteiger partial charge on any atom is -0.493 e. The van der Waals surface area contributed by atoms with E-state index in [9.17, 15) is 9.59 Å². The number of nitrogens with zero attached hydrogens (tertiary/aromatic N) is 2. The second-order valence-corrected chi connectivity index (χ2v) is 6.96. The van der Waals surface area contributed by atoms with Gasteiger partial charge in [-0.15, -0.1) is 0 Å². The van der Waals surface area contributed by atoms with E-state index in [-0.39, 0.29) is 18.1 Å². The van der Waals surface area contributed by atoms with Crippen molar-refractivity contribution in [2.45, 2.75) is 19.4 Å². The van der Waals surface area contributed by atoms with Crippen LogP contribution in [0.25, 0.3) is 0 Å². The van der Waals surface area contributed by atoms with Crippen LogP contribution in [0.4, 0.5) is 0 Å². The van der Waals surface area contributed by atoms with Crippen LogP contribution in [0.15, 0.2) is 76.8 Å². The monoisotopic (exact) mass is 418 g/mol. The molecule has 7 nitrogen and oxygen atoms in total. The lowest BCUT2D eigenvalue weighted by molar-refractivity contribution is 0.0582. The van der Waals surface area contributed by atoms with Crippen LogP contribution in [0.3, 0.4) is 0 Å². The summed E-state index contributed by atoms with van der Waals surface area (Å²) in [6.45, 7) is 0.715. The number of esters is 1. The number of methoxy groups -OCH3 is 1. The van der Waals surface area contributed by atoms with Gasteiger partial charge in [0.15, 0.2) is 11.4 Å². The Morgan fingerprint density at radius 1 is 1.10 bits per heavy atom. The lowest BCUT2D eigenvalue weighted by Gasteiger charge is -2.14. The predicted octanol–water partition coefficient (Wildman–Crippen LogP) is 3.64. The molecule has 0 radical (unpaired) electrons. The zero-order valence-corrected chi connectivity index (χ0v) is 17.1. The molecular weight excluding hydrogens is 396 g/mol. The van der Waals surface area contributed by atoms with E-state index >= 15 is 0 Å². The standard InChI is InChI=1S/C24H22N2O5/c1-29-24(28)22-23(31-16-17-8-3-2-4-9-17)20(27)13-14-26(22)25-19-11-7-15-30-21-12-6-5-10-18(19)21/h2-6,8-10,12-14H,7,11,15-16H2,1H3/b25-19+. The number of hydrogen-bond acceptors (Lipinski definition) is 6. The maximum Gasteiger partial charge on any atom is 0.360 e. The lowest BCUT2D eigenvalue weighted by Crippen LogP contribution is -2.20. The Hall–Kier alpha value is -3.87. The number of carbonyl (C=O) groups excluding carboxylic acids is 1. The Balaban J connectivity index is 1.78. The molecule has 1 aromatic heterocycles. The topological polar surface area (TPSA) is 79.1 Å². The maximum absolute atomic E-state index is 12.6. The number of pyridine rings is 1. The first-order valence-corrected chi connectivity index (χ1v) is 9.98. The molecule has 0 amide bonds. The number of ether oxygens (including phenoxy) is 3. The van der Waals surface area contributed by atoms with Gasteiger partial charge in [-0.2, -0.15) is 5.10 Å². The first-order chi connectivity index (χ1) is 15.2. The van der Waals surface area contributed by atoms with Gasteiger partial charge in [0.05, 0.1) is 19.4 Å². The van der Waals surface area contributed by atoms with Crippen molar-refractivity contribution in [3.05, 3.63) is 93.9 Å². The molecule has 2 aromatic carbocycles. The van der Waals surface area contributed by atoms with Crippen LogP contribution >= 0.6 is 0 Å². The molecular formula is C24H22N2O5. The van der Waals surface area contributed by atoms with Crippen LogP contribution in [-0.2, 0) is 11.3 Å². The molecule has 1 aliphatic heterocycles. The summed E-state index contributed by atoms with van der Waals surface area (Å²) in [5.41, 5.74) is 1.99. The van der Waals surface area contributed by atoms with Gasteiger partial charge in [0.2, 0.25) is 5.43 Å². The molecule has 0 bridgehead atoms. The minimum atomic E-state index is -0.705. The van der Waals surface area contributed by atoms with Gasteiger partial charge in [0.1, 0.15) is 12.4 Å². The van der Waals surface area contributed by atoms with E-state index < -0.39 is 11.4 Å². The quantitative estimate of drug-likeness (QED) is 0.591. The van der Waals surface area contributed by atoms with E-state index in [2.05, 4.69) is 5.10 Å². The molecule has 0 spiro atoms. The summed E-state index contributed by atoms with van der Waals surface area (Å²) in [7, 11) is 1.26. The number of fused-ring (bicyclic) bond motifs is 1. The molecule has 0 saturated heterocycles. The Morgan fingerprint density at radius 3 is 2.68 bits per heavy atom. The zero-order valence-electron chi connectivity index (χ0n) is 17.1. The molecule has 1 aliphatic rings. The van der Waals surface area contributed by atoms with Crippen molar-refractivity contribution in [3.8, 4) is 11.5 Å². The molecule has 0 fully saturated rings. The van der Waals surface area contributed by atoms with Crippen LogP contribution in [0.2, 0.25) is 0 Å². The summed E-state index contributed by atoms with van der Waals surface area (Å²) in [5, 5.41) is 4.68.